The second-order valence-electron chi connectivity index (χ2n) is 3.70. The number of nitriles is 1. The van der Waals surface area contributed by atoms with Crippen molar-refractivity contribution in [1.29, 1.82) is 5.26 Å². The van der Waals surface area contributed by atoms with Gasteiger partial charge in [0, 0.05) is 5.56 Å². The molecule has 0 saturated carbocycles. The van der Waals surface area contributed by atoms with E-state index in [1.807, 2.05) is 30.3 Å². The minimum Gasteiger partial charge on any atom is -0.388 e. The lowest BCUT2D eigenvalue weighted by atomic mass is 9.97. The molecule has 2 aromatic rings. The Morgan fingerprint density at radius 3 is 2.47 bits per heavy atom. The maximum Gasteiger partial charge on any atom is 0.292 e. The van der Waals surface area contributed by atoms with Crippen molar-refractivity contribution in [2.75, 3.05) is 0 Å². The fourth-order valence-corrected chi connectivity index (χ4v) is 1.96. The van der Waals surface area contributed by atoms with E-state index in [-0.39, 0.29) is 0 Å². The van der Waals surface area contributed by atoms with Crippen LogP contribution >= 0.6 is 0 Å². The summed E-state index contributed by atoms with van der Waals surface area (Å²) in [6, 6.07) is 15.9. The van der Waals surface area contributed by atoms with E-state index in [0.29, 0.717) is 5.75 Å². The average molecular weight is 223 g/mol. The summed E-state index contributed by atoms with van der Waals surface area (Å²) < 4.78 is 5.00. The summed E-state index contributed by atoms with van der Waals surface area (Å²) in [5, 5.41) is 8.63. The van der Waals surface area contributed by atoms with Crippen LogP contribution in [0.15, 0.2) is 48.5 Å². The largest absolute Gasteiger partial charge is 0.388 e. The van der Waals surface area contributed by atoms with Gasteiger partial charge in [-0.1, -0.05) is 49.4 Å². The van der Waals surface area contributed by atoms with Crippen LogP contribution in [0.2, 0.25) is 0 Å². The molecule has 0 bridgehead atoms. The van der Waals surface area contributed by atoms with Gasteiger partial charge in [-0.05, 0) is 23.6 Å². The van der Waals surface area contributed by atoms with Crippen LogP contribution in [0.25, 0.3) is 11.1 Å². The SMILES string of the molecule is CCc1c(OC#N)cccc1-c1ccccc1. The summed E-state index contributed by atoms with van der Waals surface area (Å²) >= 11 is 0. The van der Waals surface area contributed by atoms with Gasteiger partial charge in [-0.15, -0.1) is 5.26 Å². The lowest BCUT2D eigenvalue weighted by Crippen LogP contribution is -1.93. The first kappa shape index (κ1) is 11.2. The van der Waals surface area contributed by atoms with E-state index < -0.39 is 0 Å². The van der Waals surface area contributed by atoms with Crippen LogP contribution in [0.3, 0.4) is 0 Å². The van der Waals surface area contributed by atoms with Gasteiger partial charge in [-0.3, -0.25) is 0 Å². The molecule has 0 heterocycles. The van der Waals surface area contributed by atoms with Crippen LogP contribution in [0.1, 0.15) is 12.5 Å². The predicted molar refractivity (Wildman–Crippen MR) is 67.5 cm³/mol. The van der Waals surface area contributed by atoms with Gasteiger partial charge in [0.25, 0.3) is 6.26 Å². The molecule has 0 unspecified atom stereocenters. The highest BCUT2D eigenvalue weighted by molar-refractivity contribution is 5.70. The van der Waals surface area contributed by atoms with Crippen LogP contribution in [-0.4, -0.2) is 0 Å². The molecule has 0 spiro atoms. The van der Waals surface area contributed by atoms with Gasteiger partial charge in [-0.2, -0.15) is 0 Å². The maximum atomic E-state index is 8.63. The third kappa shape index (κ3) is 2.29. The first-order valence-electron chi connectivity index (χ1n) is 5.60. The summed E-state index contributed by atoms with van der Waals surface area (Å²) in [7, 11) is 0. The molecule has 2 rings (SSSR count). The van der Waals surface area contributed by atoms with Crippen molar-refractivity contribution in [2.45, 2.75) is 13.3 Å². The molecule has 0 fully saturated rings. The number of hydrogen-bond donors (Lipinski definition) is 0. The Morgan fingerprint density at radius 1 is 1.06 bits per heavy atom. The second-order valence-corrected chi connectivity index (χ2v) is 3.70. The summed E-state index contributed by atoms with van der Waals surface area (Å²) in [6.45, 7) is 2.06. The molecule has 0 amide bonds. The van der Waals surface area contributed by atoms with E-state index in [9.17, 15) is 0 Å². The fraction of sp³-hybridized carbons (Fsp3) is 0.133. The summed E-state index contributed by atoms with van der Waals surface area (Å²) in [4.78, 5) is 0. The molecule has 0 atom stereocenters. The number of rotatable bonds is 3. The first-order chi connectivity index (χ1) is 8.36. The molecule has 0 aliphatic rings. The molecule has 2 nitrogen and oxygen atoms in total. The molecule has 0 aliphatic heterocycles. The van der Waals surface area contributed by atoms with Gasteiger partial charge in [0.15, 0.2) is 0 Å². The lowest BCUT2D eigenvalue weighted by molar-refractivity contribution is 0.501. The monoisotopic (exact) mass is 223 g/mol. The van der Waals surface area contributed by atoms with Crippen molar-refractivity contribution in [3.05, 3.63) is 54.1 Å². The molecule has 0 radical (unpaired) electrons. The van der Waals surface area contributed by atoms with Crippen LogP contribution in [0.5, 0.6) is 5.75 Å². The van der Waals surface area contributed by atoms with Crippen LogP contribution < -0.4 is 4.74 Å². The third-order valence-electron chi connectivity index (χ3n) is 2.73. The van der Waals surface area contributed by atoms with Gasteiger partial charge in [0.1, 0.15) is 5.75 Å². The minimum absolute atomic E-state index is 0.649. The summed E-state index contributed by atoms with van der Waals surface area (Å²) in [5.74, 6) is 0.649. The molecular weight excluding hydrogens is 210 g/mol. The highest BCUT2D eigenvalue weighted by atomic mass is 16.5. The Hall–Kier alpha value is -2.27. The summed E-state index contributed by atoms with van der Waals surface area (Å²) in [6.07, 6.45) is 2.57. The van der Waals surface area contributed by atoms with Crippen LogP contribution in [0.4, 0.5) is 0 Å². The average Bonchev–Trinajstić information content (AvgIpc) is 2.40. The fourth-order valence-electron chi connectivity index (χ4n) is 1.96. The molecule has 0 saturated heterocycles. The maximum absolute atomic E-state index is 8.63. The highest BCUT2D eigenvalue weighted by Gasteiger charge is 2.09. The van der Waals surface area contributed by atoms with Crippen LogP contribution in [0, 0.1) is 11.5 Å². The van der Waals surface area contributed by atoms with Gasteiger partial charge in [-0.25, -0.2) is 0 Å². The van der Waals surface area contributed by atoms with E-state index in [1.54, 1.807) is 6.26 Å². The molecule has 0 aromatic heterocycles. The zero-order chi connectivity index (χ0) is 12.1. The normalized spacial score (nSPS) is 9.65. The van der Waals surface area contributed by atoms with E-state index in [4.69, 9.17) is 10.00 Å². The van der Waals surface area contributed by atoms with Crippen molar-refractivity contribution in [2.24, 2.45) is 0 Å². The Kier molecular flexibility index (Phi) is 3.42. The molecule has 84 valence electrons. The first-order valence-corrected chi connectivity index (χ1v) is 5.60. The van der Waals surface area contributed by atoms with Crippen molar-refractivity contribution in [3.63, 3.8) is 0 Å². The number of hydrogen-bond acceptors (Lipinski definition) is 2. The summed E-state index contributed by atoms with van der Waals surface area (Å²) in [5.41, 5.74) is 3.34. The van der Waals surface area contributed by atoms with Crippen LogP contribution in [-0.2, 0) is 6.42 Å². The van der Waals surface area contributed by atoms with Gasteiger partial charge in [0.05, 0.1) is 0 Å². The van der Waals surface area contributed by atoms with Gasteiger partial charge in [0.2, 0.25) is 0 Å². The Morgan fingerprint density at radius 2 is 1.82 bits per heavy atom. The smallest absolute Gasteiger partial charge is 0.292 e. The van der Waals surface area contributed by atoms with E-state index in [1.165, 1.54) is 0 Å². The van der Waals surface area contributed by atoms with E-state index in [0.717, 1.165) is 23.1 Å². The molecule has 0 N–H and O–H groups in total. The minimum atomic E-state index is 0.649. The number of nitrogens with zero attached hydrogens (tertiary/aromatic N) is 1. The zero-order valence-corrected chi connectivity index (χ0v) is 9.68. The predicted octanol–water partition coefficient (Wildman–Crippen LogP) is 3.78. The Balaban J connectivity index is 2.55. The molecule has 2 heteroatoms. The van der Waals surface area contributed by atoms with Crippen molar-refractivity contribution in [3.8, 4) is 23.1 Å². The van der Waals surface area contributed by atoms with E-state index >= 15 is 0 Å². The van der Waals surface area contributed by atoms with Gasteiger partial charge >= 0.3 is 0 Å². The molecule has 2 aromatic carbocycles. The van der Waals surface area contributed by atoms with Crippen molar-refractivity contribution < 1.29 is 4.74 Å². The number of benzene rings is 2. The third-order valence-corrected chi connectivity index (χ3v) is 2.73. The molecule has 0 aliphatic carbocycles. The zero-order valence-electron chi connectivity index (χ0n) is 9.68. The highest BCUT2D eigenvalue weighted by Crippen LogP contribution is 2.30. The molecule has 17 heavy (non-hydrogen) atoms. The second kappa shape index (κ2) is 5.18. The standard InChI is InChI=1S/C15H13NO/c1-2-13-14(12-7-4-3-5-8-12)9-6-10-15(13)17-11-16/h3-10H,2H2,1H3. The topological polar surface area (TPSA) is 33.0 Å². The van der Waals surface area contributed by atoms with Gasteiger partial charge < -0.3 is 4.74 Å². The van der Waals surface area contributed by atoms with E-state index in [2.05, 4.69) is 25.1 Å². The lowest BCUT2D eigenvalue weighted by Gasteiger charge is -2.11. The number of ether oxygens (including phenoxy) is 1. The quantitative estimate of drug-likeness (QED) is 0.742. The molecular formula is C15H13NO. The Labute approximate surface area is 101 Å². The van der Waals surface area contributed by atoms with Crippen molar-refractivity contribution >= 4 is 0 Å². The Bertz CT molecular complexity index is 541. The van der Waals surface area contributed by atoms with Crippen molar-refractivity contribution in [1.82, 2.24) is 0 Å².